The fourth-order valence-corrected chi connectivity index (χ4v) is 2.60. The van der Waals surface area contributed by atoms with Crippen molar-refractivity contribution in [3.63, 3.8) is 0 Å². The lowest BCUT2D eigenvalue weighted by Crippen LogP contribution is -2.44. The molecule has 0 spiro atoms. The van der Waals surface area contributed by atoms with E-state index in [1.165, 1.54) is 0 Å². The normalized spacial score (nSPS) is 14.0. The van der Waals surface area contributed by atoms with Crippen LogP contribution in [0.5, 0.6) is 0 Å². The predicted octanol–water partition coefficient (Wildman–Crippen LogP) is 2.43. The van der Waals surface area contributed by atoms with Gasteiger partial charge in [-0.05, 0) is 38.1 Å². The molecule has 0 bridgehead atoms. The Morgan fingerprint density at radius 1 is 1.22 bits per heavy atom. The number of guanidine groups is 1. The van der Waals surface area contributed by atoms with Gasteiger partial charge in [-0.3, -0.25) is 0 Å². The van der Waals surface area contributed by atoms with E-state index in [9.17, 15) is 5.11 Å². The van der Waals surface area contributed by atoms with Crippen LogP contribution in [0.4, 0.5) is 0 Å². The Morgan fingerprint density at radius 2 is 2.04 bits per heavy atom. The molecule has 0 aliphatic heterocycles. The molecule has 0 saturated heterocycles. The lowest BCUT2D eigenvalue weighted by Gasteiger charge is -2.22. The molecule has 0 radical (unpaired) electrons. The Labute approximate surface area is 158 Å². The van der Waals surface area contributed by atoms with Crippen molar-refractivity contribution in [2.75, 3.05) is 13.1 Å². The van der Waals surface area contributed by atoms with Crippen molar-refractivity contribution in [3.05, 3.63) is 72.4 Å². The molecule has 0 fully saturated rings. The first-order valence-corrected chi connectivity index (χ1v) is 8.96. The highest BCUT2D eigenvalue weighted by Gasteiger charge is 2.26. The van der Waals surface area contributed by atoms with Crippen molar-refractivity contribution in [1.29, 1.82) is 0 Å². The molecule has 3 N–H and O–H groups in total. The van der Waals surface area contributed by atoms with Gasteiger partial charge >= 0.3 is 0 Å². The third-order valence-electron chi connectivity index (χ3n) is 4.07. The number of furan rings is 1. The largest absolute Gasteiger partial charge is 0.466 e. The number of rotatable bonds is 7. The Hall–Kier alpha value is -3.06. The minimum absolute atomic E-state index is 0.273. The molecular formula is C20H25N5O2. The van der Waals surface area contributed by atoms with Crippen LogP contribution in [0.3, 0.4) is 0 Å². The maximum atomic E-state index is 10.6. The molecule has 2 heterocycles. The van der Waals surface area contributed by atoms with E-state index in [0.717, 1.165) is 17.8 Å². The molecule has 27 heavy (non-hydrogen) atoms. The number of aliphatic imine (C=N–C) groups is 1. The maximum Gasteiger partial charge on any atom is 0.191 e. The highest BCUT2D eigenvalue weighted by molar-refractivity contribution is 5.79. The molecule has 2 aromatic heterocycles. The van der Waals surface area contributed by atoms with Crippen molar-refractivity contribution >= 4 is 5.96 Å². The summed E-state index contributed by atoms with van der Waals surface area (Å²) in [5.74, 6) is 1.13. The van der Waals surface area contributed by atoms with Crippen LogP contribution < -0.4 is 10.6 Å². The van der Waals surface area contributed by atoms with Gasteiger partial charge in [-0.2, -0.15) is 5.10 Å². The van der Waals surface area contributed by atoms with Crippen LogP contribution in [0, 0.1) is 0 Å². The number of benzene rings is 1. The van der Waals surface area contributed by atoms with Gasteiger partial charge < -0.3 is 20.2 Å². The van der Waals surface area contributed by atoms with Crippen molar-refractivity contribution in [3.8, 4) is 5.69 Å². The first kappa shape index (κ1) is 18.7. The van der Waals surface area contributed by atoms with Crippen LogP contribution in [0.25, 0.3) is 5.69 Å². The van der Waals surface area contributed by atoms with Crippen molar-refractivity contribution in [1.82, 2.24) is 20.4 Å². The predicted molar refractivity (Wildman–Crippen MR) is 105 cm³/mol. The third-order valence-corrected chi connectivity index (χ3v) is 4.07. The first-order chi connectivity index (χ1) is 13.1. The molecule has 7 nitrogen and oxygen atoms in total. The van der Waals surface area contributed by atoms with Crippen molar-refractivity contribution in [2.24, 2.45) is 4.99 Å². The summed E-state index contributed by atoms with van der Waals surface area (Å²) in [4.78, 5) is 4.57. The highest BCUT2D eigenvalue weighted by atomic mass is 16.4. The van der Waals surface area contributed by atoms with Gasteiger partial charge in [0.1, 0.15) is 11.4 Å². The van der Waals surface area contributed by atoms with E-state index in [-0.39, 0.29) is 6.54 Å². The minimum Gasteiger partial charge on any atom is -0.466 e. The summed E-state index contributed by atoms with van der Waals surface area (Å²) in [6.45, 7) is 5.17. The number of hydrogen-bond donors (Lipinski definition) is 3. The summed E-state index contributed by atoms with van der Waals surface area (Å²) in [5, 5.41) is 21.3. The third kappa shape index (κ3) is 4.98. The summed E-state index contributed by atoms with van der Waals surface area (Å²) in [6.07, 6.45) is 5.31. The minimum atomic E-state index is -1.13. The lowest BCUT2D eigenvalue weighted by atomic mass is 10.0. The van der Waals surface area contributed by atoms with Crippen LogP contribution in [-0.4, -0.2) is 33.9 Å². The number of aliphatic hydroxyl groups is 1. The van der Waals surface area contributed by atoms with Crippen LogP contribution in [0.15, 0.2) is 70.5 Å². The van der Waals surface area contributed by atoms with Gasteiger partial charge in [-0.1, -0.05) is 18.2 Å². The summed E-state index contributed by atoms with van der Waals surface area (Å²) >= 11 is 0. The van der Waals surface area contributed by atoms with E-state index in [1.807, 2.05) is 48.1 Å². The van der Waals surface area contributed by atoms with Crippen LogP contribution in [0.1, 0.15) is 25.2 Å². The molecule has 0 amide bonds. The number of para-hydroxylation sites is 1. The van der Waals surface area contributed by atoms with Gasteiger partial charge in [-0.15, -0.1) is 0 Å². The fraction of sp³-hybridized carbons (Fsp3) is 0.300. The van der Waals surface area contributed by atoms with Crippen LogP contribution in [0.2, 0.25) is 0 Å². The topological polar surface area (TPSA) is 87.6 Å². The van der Waals surface area contributed by atoms with Gasteiger partial charge in [0.25, 0.3) is 0 Å². The SMILES string of the molecule is CCNC(=NCc1cnn(-c2ccccc2)c1)NCC(C)(O)c1ccco1. The molecule has 0 aliphatic carbocycles. The van der Waals surface area contributed by atoms with Gasteiger partial charge in [0.05, 0.1) is 31.2 Å². The molecule has 0 aliphatic rings. The molecule has 1 atom stereocenters. The number of aromatic nitrogens is 2. The molecule has 0 saturated carbocycles. The second-order valence-electron chi connectivity index (χ2n) is 6.43. The van der Waals surface area contributed by atoms with E-state index in [1.54, 1.807) is 31.5 Å². The Balaban J connectivity index is 1.63. The van der Waals surface area contributed by atoms with Crippen LogP contribution >= 0.6 is 0 Å². The molecule has 1 unspecified atom stereocenters. The fourth-order valence-electron chi connectivity index (χ4n) is 2.60. The molecule has 3 rings (SSSR count). The first-order valence-electron chi connectivity index (χ1n) is 8.96. The van der Waals surface area contributed by atoms with Gasteiger partial charge in [0.2, 0.25) is 0 Å². The second kappa shape index (κ2) is 8.55. The zero-order valence-corrected chi connectivity index (χ0v) is 15.6. The molecule has 142 valence electrons. The molecular weight excluding hydrogens is 342 g/mol. The van der Waals surface area contributed by atoms with Gasteiger partial charge in [-0.25, -0.2) is 9.67 Å². The standard InChI is InChI=1S/C20H25N5O2/c1-3-21-19(23-15-20(2,26)18-10-7-11-27-18)22-12-16-13-24-25(14-16)17-8-5-4-6-9-17/h4-11,13-14,26H,3,12,15H2,1-2H3,(H2,21,22,23). The van der Waals surface area contributed by atoms with Crippen molar-refractivity contribution < 1.29 is 9.52 Å². The van der Waals surface area contributed by atoms with Gasteiger partial charge in [0, 0.05) is 18.3 Å². The summed E-state index contributed by atoms with van der Waals surface area (Å²) in [7, 11) is 0. The van der Waals surface area contributed by atoms with E-state index in [4.69, 9.17) is 4.42 Å². The zero-order valence-electron chi connectivity index (χ0n) is 15.6. The van der Waals surface area contributed by atoms with E-state index >= 15 is 0 Å². The Kier molecular flexibility index (Phi) is 5.93. The number of nitrogens with one attached hydrogen (secondary N) is 2. The quantitative estimate of drug-likeness (QED) is 0.441. The summed E-state index contributed by atoms with van der Waals surface area (Å²) in [5.41, 5.74) is 0.874. The van der Waals surface area contributed by atoms with E-state index < -0.39 is 5.60 Å². The number of nitrogens with zero attached hydrogens (tertiary/aromatic N) is 3. The summed E-state index contributed by atoms with van der Waals surface area (Å²) < 4.78 is 7.13. The Morgan fingerprint density at radius 3 is 2.74 bits per heavy atom. The second-order valence-corrected chi connectivity index (χ2v) is 6.43. The monoisotopic (exact) mass is 367 g/mol. The summed E-state index contributed by atoms with van der Waals surface area (Å²) in [6, 6.07) is 13.5. The highest BCUT2D eigenvalue weighted by Crippen LogP contribution is 2.19. The van der Waals surface area contributed by atoms with Gasteiger partial charge in [0.15, 0.2) is 5.96 Å². The lowest BCUT2D eigenvalue weighted by molar-refractivity contribution is 0.0386. The molecule has 3 aromatic rings. The van der Waals surface area contributed by atoms with Crippen molar-refractivity contribution in [2.45, 2.75) is 26.0 Å². The average Bonchev–Trinajstić information content (AvgIpc) is 3.37. The van der Waals surface area contributed by atoms with Crippen LogP contribution in [-0.2, 0) is 12.1 Å². The van der Waals surface area contributed by atoms with E-state index in [2.05, 4.69) is 20.7 Å². The number of hydrogen-bond acceptors (Lipinski definition) is 4. The zero-order chi connectivity index (χ0) is 19.1. The molecule has 1 aromatic carbocycles. The average molecular weight is 367 g/mol. The molecule has 7 heteroatoms. The maximum absolute atomic E-state index is 10.6. The Bertz CT molecular complexity index is 854. The smallest absolute Gasteiger partial charge is 0.191 e. The van der Waals surface area contributed by atoms with E-state index in [0.29, 0.717) is 18.3 Å².